The number of amides is 1. The van der Waals surface area contributed by atoms with Gasteiger partial charge in [-0.1, -0.05) is 6.92 Å². The highest BCUT2D eigenvalue weighted by Crippen LogP contribution is 2.31. The fourth-order valence-corrected chi connectivity index (χ4v) is 2.72. The van der Waals surface area contributed by atoms with Gasteiger partial charge in [-0.2, -0.15) is 13.2 Å². The number of aryl methyl sites for hydroxylation is 1. The Morgan fingerprint density at radius 1 is 1.30 bits per heavy atom. The fraction of sp³-hybridized carbons (Fsp3) is 0.462. The van der Waals surface area contributed by atoms with Crippen LogP contribution < -0.4 is 10.0 Å². The number of aliphatic hydroxyl groups is 1. The maximum Gasteiger partial charge on any atom is 0.426 e. The third kappa shape index (κ3) is 4.21. The summed E-state index contributed by atoms with van der Waals surface area (Å²) in [5.74, 6) is -1.66. The zero-order chi connectivity index (χ0) is 18.1. The molecule has 23 heavy (non-hydrogen) atoms. The summed E-state index contributed by atoms with van der Waals surface area (Å²) < 4.78 is 63.7. The molecule has 1 aromatic rings. The summed E-state index contributed by atoms with van der Waals surface area (Å²) in [6.45, 7) is 3.52. The smallest absolute Gasteiger partial charge is 0.373 e. The Morgan fingerprint density at radius 3 is 2.30 bits per heavy atom. The van der Waals surface area contributed by atoms with E-state index < -0.39 is 27.7 Å². The van der Waals surface area contributed by atoms with E-state index in [9.17, 15) is 31.5 Å². The lowest BCUT2D eigenvalue weighted by atomic mass is 10.1. The van der Waals surface area contributed by atoms with E-state index in [1.807, 2.05) is 5.32 Å². The van der Waals surface area contributed by atoms with E-state index in [1.165, 1.54) is 13.0 Å². The summed E-state index contributed by atoms with van der Waals surface area (Å²) in [6.07, 6.45) is -5.14. The Balaban J connectivity index is 3.08. The Labute approximate surface area is 131 Å². The van der Waals surface area contributed by atoms with Crippen molar-refractivity contribution in [1.29, 1.82) is 0 Å². The maximum atomic E-state index is 12.6. The van der Waals surface area contributed by atoms with Gasteiger partial charge >= 0.3 is 6.18 Å². The van der Waals surface area contributed by atoms with Gasteiger partial charge in [0.25, 0.3) is 5.91 Å². The lowest BCUT2D eigenvalue weighted by Crippen LogP contribution is -2.52. The Bertz CT molecular complexity index is 700. The van der Waals surface area contributed by atoms with Crippen molar-refractivity contribution >= 4 is 21.6 Å². The lowest BCUT2D eigenvalue weighted by Gasteiger charge is -2.25. The summed E-state index contributed by atoms with van der Waals surface area (Å²) in [5.41, 5.74) is -3.36. The number of benzene rings is 1. The van der Waals surface area contributed by atoms with Crippen molar-refractivity contribution in [2.75, 3.05) is 11.9 Å². The van der Waals surface area contributed by atoms with Crippen LogP contribution >= 0.6 is 0 Å². The molecule has 0 fully saturated rings. The van der Waals surface area contributed by atoms with Gasteiger partial charge in [-0.05, 0) is 37.6 Å². The number of hydrogen-bond donors (Lipinski definition) is 3. The average molecular weight is 354 g/mol. The molecule has 0 saturated carbocycles. The first-order valence-electron chi connectivity index (χ1n) is 6.53. The lowest BCUT2D eigenvalue weighted by molar-refractivity contribution is -0.242. The number of alkyl halides is 3. The van der Waals surface area contributed by atoms with Crippen molar-refractivity contribution < 1.29 is 31.5 Å². The van der Waals surface area contributed by atoms with Crippen LogP contribution in [0, 0.1) is 6.92 Å². The number of carbonyl (C=O) groups is 1. The molecule has 1 rings (SSSR count). The molecule has 1 aromatic carbocycles. The van der Waals surface area contributed by atoms with E-state index in [4.69, 9.17) is 0 Å². The summed E-state index contributed by atoms with van der Waals surface area (Å²) in [6, 6.07) is 3.50. The third-order valence-electron chi connectivity index (χ3n) is 3.08. The molecule has 1 amide bonds. The number of sulfonamides is 1. The molecule has 0 saturated heterocycles. The van der Waals surface area contributed by atoms with Crippen LogP contribution in [0.15, 0.2) is 23.1 Å². The van der Waals surface area contributed by atoms with Crippen LogP contribution in [-0.4, -0.2) is 37.8 Å². The molecule has 0 radical (unpaired) electrons. The highest BCUT2D eigenvalue weighted by Gasteiger charge is 2.55. The first-order valence-corrected chi connectivity index (χ1v) is 8.02. The van der Waals surface area contributed by atoms with Gasteiger partial charge < -0.3 is 10.4 Å². The van der Waals surface area contributed by atoms with Gasteiger partial charge in [-0.15, -0.1) is 0 Å². The molecule has 0 heterocycles. The van der Waals surface area contributed by atoms with Crippen molar-refractivity contribution in [1.82, 2.24) is 4.72 Å². The summed E-state index contributed by atoms with van der Waals surface area (Å²) >= 11 is 0. The molecule has 10 heteroatoms. The monoisotopic (exact) mass is 354 g/mol. The number of nitrogens with one attached hydrogen (secondary N) is 2. The van der Waals surface area contributed by atoms with Gasteiger partial charge in [0.2, 0.25) is 15.6 Å². The van der Waals surface area contributed by atoms with Crippen molar-refractivity contribution in [3.63, 3.8) is 0 Å². The van der Waals surface area contributed by atoms with Crippen molar-refractivity contribution in [2.24, 2.45) is 0 Å². The van der Waals surface area contributed by atoms with E-state index in [1.54, 1.807) is 6.92 Å². The zero-order valence-corrected chi connectivity index (χ0v) is 13.5. The minimum absolute atomic E-state index is 0.0324. The van der Waals surface area contributed by atoms with E-state index in [0.29, 0.717) is 6.92 Å². The van der Waals surface area contributed by atoms with Crippen LogP contribution in [0.5, 0.6) is 0 Å². The number of rotatable bonds is 5. The standard InChI is InChI=1S/C13H17F3N2O4S/c1-4-17-23(21,22)9-5-6-10(8(2)7-9)18-11(19)12(3,20)13(14,15)16/h5-7,17,20H,4H2,1-3H3,(H,18,19). The highest BCUT2D eigenvalue weighted by atomic mass is 32.2. The molecule has 0 bridgehead atoms. The van der Waals surface area contributed by atoms with Gasteiger partial charge in [-0.3, -0.25) is 4.79 Å². The minimum Gasteiger partial charge on any atom is -0.373 e. The van der Waals surface area contributed by atoms with Gasteiger partial charge in [0.1, 0.15) is 0 Å². The second-order valence-electron chi connectivity index (χ2n) is 5.00. The number of halogens is 3. The SMILES string of the molecule is CCNS(=O)(=O)c1ccc(NC(=O)C(C)(O)C(F)(F)F)c(C)c1. The molecule has 130 valence electrons. The molecule has 0 aliphatic heterocycles. The minimum atomic E-state index is -5.14. The highest BCUT2D eigenvalue weighted by molar-refractivity contribution is 7.89. The van der Waals surface area contributed by atoms with Crippen molar-refractivity contribution in [3.05, 3.63) is 23.8 Å². The van der Waals surface area contributed by atoms with Gasteiger partial charge in [0.15, 0.2) is 0 Å². The van der Waals surface area contributed by atoms with Gasteiger partial charge in [0.05, 0.1) is 4.90 Å². The Morgan fingerprint density at radius 2 is 1.87 bits per heavy atom. The molecule has 0 aliphatic carbocycles. The molecule has 0 spiro atoms. The van der Waals surface area contributed by atoms with E-state index in [-0.39, 0.29) is 22.7 Å². The first-order chi connectivity index (χ1) is 10.3. The van der Waals surface area contributed by atoms with E-state index in [0.717, 1.165) is 12.1 Å². The number of carbonyl (C=O) groups excluding carboxylic acids is 1. The van der Waals surface area contributed by atoms with Crippen LogP contribution in [0.2, 0.25) is 0 Å². The molecule has 1 unspecified atom stereocenters. The van der Waals surface area contributed by atoms with Crippen molar-refractivity contribution in [2.45, 2.75) is 37.4 Å². The predicted molar refractivity (Wildman–Crippen MR) is 77.4 cm³/mol. The summed E-state index contributed by atoms with van der Waals surface area (Å²) in [4.78, 5) is 11.5. The second kappa shape index (κ2) is 6.46. The van der Waals surface area contributed by atoms with E-state index >= 15 is 0 Å². The summed E-state index contributed by atoms with van der Waals surface area (Å²) in [5, 5.41) is 11.2. The average Bonchev–Trinajstić information content (AvgIpc) is 2.39. The van der Waals surface area contributed by atoms with Crippen LogP contribution in [0.3, 0.4) is 0 Å². The van der Waals surface area contributed by atoms with Crippen LogP contribution in [-0.2, 0) is 14.8 Å². The molecular formula is C13H17F3N2O4S. The second-order valence-corrected chi connectivity index (χ2v) is 6.77. The molecule has 1 atom stereocenters. The third-order valence-corrected chi connectivity index (χ3v) is 4.63. The van der Waals surface area contributed by atoms with Crippen molar-refractivity contribution in [3.8, 4) is 0 Å². The molecular weight excluding hydrogens is 337 g/mol. The molecule has 6 nitrogen and oxygen atoms in total. The van der Waals surface area contributed by atoms with Gasteiger partial charge in [-0.25, -0.2) is 13.1 Å². The topological polar surface area (TPSA) is 95.5 Å². The molecule has 0 aromatic heterocycles. The van der Waals surface area contributed by atoms with Crippen LogP contribution in [0.25, 0.3) is 0 Å². The Kier molecular flexibility index (Phi) is 5.45. The van der Waals surface area contributed by atoms with Crippen LogP contribution in [0.1, 0.15) is 19.4 Å². The van der Waals surface area contributed by atoms with E-state index in [2.05, 4.69) is 4.72 Å². The summed E-state index contributed by atoms with van der Waals surface area (Å²) in [7, 11) is -3.72. The van der Waals surface area contributed by atoms with Gasteiger partial charge in [0, 0.05) is 12.2 Å². The number of hydrogen-bond acceptors (Lipinski definition) is 4. The quantitative estimate of drug-likeness (QED) is 0.747. The molecule has 0 aliphatic rings. The molecule has 3 N–H and O–H groups in total. The predicted octanol–water partition coefficient (Wildman–Crippen LogP) is 1.55. The number of anilines is 1. The Hall–Kier alpha value is -1.65. The first kappa shape index (κ1) is 19.4. The zero-order valence-electron chi connectivity index (χ0n) is 12.7. The van der Waals surface area contributed by atoms with Crippen LogP contribution in [0.4, 0.5) is 18.9 Å². The maximum absolute atomic E-state index is 12.6. The largest absolute Gasteiger partial charge is 0.426 e. The normalized spacial score (nSPS) is 15.1. The fourth-order valence-electron chi connectivity index (χ4n) is 1.59.